The van der Waals surface area contributed by atoms with E-state index in [1.54, 1.807) is 83.4 Å². The molecule has 9 aromatic rings. The van der Waals surface area contributed by atoms with Gasteiger partial charge in [0, 0.05) is 87.4 Å². The van der Waals surface area contributed by atoms with Gasteiger partial charge in [-0.2, -0.15) is 0 Å². The average Bonchev–Trinajstić information content (AvgIpc) is 2.40. The van der Waals surface area contributed by atoms with E-state index in [1.165, 1.54) is 44.8 Å². The van der Waals surface area contributed by atoms with E-state index in [0.29, 0.717) is 83.2 Å². The molecule has 1 fully saturated rings. The molecule has 0 unspecified atom stereocenters. The van der Waals surface area contributed by atoms with Gasteiger partial charge in [-0.3, -0.25) is 33.8 Å². The lowest BCUT2D eigenvalue weighted by atomic mass is 9.90. The molecule has 0 spiro atoms. The molecule has 442 valence electrons. The number of aromatic nitrogens is 7. The van der Waals surface area contributed by atoms with E-state index in [0.717, 1.165) is 39.6 Å². The Hall–Kier alpha value is -8.48. The molecule has 3 aliphatic heterocycles. The highest BCUT2D eigenvalue weighted by Crippen LogP contribution is 2.43. The number of hydrogen-bond donors (Lipinski definition) is 6. The number of carbonyl (C=O) groups excluding carboxylic acids is 6. The second kappa shape index (κ2) is 25.1. The van der Waals surface area contributed by atoms with E-state index in [1.807, 2.05) is 30.7 Å². The number of fused-ring (bicyclic) bond motifs is 16. The van der Waals surface area contributed by atoms with Crippen molar-refractivity contribution in [2.45, 2.75) is 75.8 Å². The number of Topliss-reactive ketones (excluding diaryl/α,β-unsaturated/α-hetero) is 1. The number of aliphatic hydroxyl groups is 2. The number of thiazole rings is 6. The van der Waals surface area contributed by atoms with E-state index in [9.17, 15) is 34.2 Å². The quantitative estimate of drug-likeness (QED) is 0.0709. The predicted molar refractivity (Wildman–Crippen MR) is 331 cm³/mol. The maximum absolute atomic E-state index is 15.4. The van der Waals surface area contributed by atoms with Gasteiger partial charge in [-0.05, 0) is 47.9 Å². The molecule has 12 rings (SSSR count). The zero-order valence-electron chi connectivity index (χ0n) is 46.1. The summed E-state index contributed by atoms with van der Waals surface area (Å²) in [5.41, 5.74) is 15.7. The van der Waals surface area contributed by atoms with Gasteiger partial charge in [-0.25, -0.2) is 34.9 Å². The molecule has 7 aromatic heterocycles. The van der Waals surface area contributed by atoms with Crippen LogP contribution in [0.2, 0.25) is 0 Å². The summed E-state index contributed by atoms with van der Waals surface area (Å²) in [6.45, 7) is 3.81. The van der Waals surface area contributed by atoms with Crippen LogP contribution in [-0.2, 0) is 16.0 Å². The van der Waals surface area contributed by atoms with Crippen LogP contribution in [0.5, 0.6) is 5.75 Å². The molecule has 0 radical (unpaired) electrons. The lowest BCUT2D eigenvalue weighted by Crippen LogP contribution is -2.50. The number of aliphatic imine (C=N–C) groups is 1. The summed E-state index contributed by atoms with van der Waals surface area (Å²) in [6, 6.07) is 16.4. The molecule has 5 amide bonds. The third kappa shape index (κ3) is 12.6. The van der Waals surface area contributed by atoms with E-state index in [-0.39, 0.29) is 58.6 Å². The number of rotatable bonds is 11. The number of nitrogens with one attached hydrogen (secondary N) is 2. The van der Waals surface area contributed by atoms with E-state index >= 15 is 4.79 Å². The van der Waals surface area contributed by atoms with Crippen LogP contribution in [0.1, 0.15) is 123 Å². The summed E-state index contributed by atoms with van der Waals surface area (Å²) in [5.74, 6) is -4.70. The Labute approximate surface area is 519 Å². The summed E-state index contributed by atoms with van der Waals surface area (Å²) < 4.78 is 6.02. The van der Waals surface area contributed by atoms with Crippen molar-refractivity contribution in [1.82, 2.24) is 50.4 Å². The van der Waals surface area contributed by atoms with Crippen LogP contribution in [0, 0.1) is 12.8 Å². The van der Waals surface area contributed by atoms with Gasteiger partial charge in [0.25, 0.3) is 17.7 Å². The summed E-state index contributed by atoms with van der Waals surface area (Å²) in [5, 5.41) is 40.0. The first-order valence-corrected chi connectivity index (χ1v) is 32.4. The Bertz CT molecular complexity index is 4190. The van der Waals surface area contributed by atoms with Gasteiger partial charge in [0.05, 0.1) is 41.4 Å². The third-order valence-corrected chi connectivity index (χ3v) is 20.5. The number of aliphatic hydroxyl groups excluding tert-OH is 2. The van der Waals surface area contributed by atoms with Gasteiger partial charge in [0.1, 0.15) is 83.3 Å². The van der Waals surface area contributed by atoms with Crippen molar-refractivity contribution in [3.8, 4) is 49.1 Å². The van der Waals surface area contributed by atoms with Crippen LogP contribution >= 0.6 is 68.0 Å². The number of aryl methyl sites for hydroxylation is 1. The van der Waals surface area contributed by atoms with Crippen LogP contribution < -0.4 is 26.8 Å². The lowest BCUT2D eigenvalue weighted by Gasteiger charge is -2.29. The molecule has 1 saturated heterocycles. The molecule has 22 nitrogen and oxygen atoms in total. The van der Waals surface area contributed by atoms with E-state index in [4.69, 9.17) is 46.1 Å². The molecular formula is C59H51N13O9S6. The molecule has 0 aliphatic carbocycles. The monoisotopic (exact) mass is 1280 g/mol. The number of nitrogens with zero attached hydrogens (tertiary/aromatic N) is 9. The van der Waals surface area contributed by atoms with Gasteiger partial charge < -0.3 is 42.0 Å². The fourth-order valence-corrected chi connectivity index (χ4v) is 15.7. The van der Waals surface area contributed by atoms with Crippen LogP contribution in [0.4, 0.5) is 0 Å². The number of hydrogen-bond acceptors (Lipinski definition) is 23. The second-order valence-corrected chi connectivity index (χ2v) is 26.4. The smallest absolute Gasteiger partial charge is 0.271 e. The molecular weight excluding hydrogens is 1230 g/mol. The van der Waals surface area contributed by atoms with E-state index < -0.39 is 77.5 Å². The fourth-order valence-electron chi connectivity index (χ4n) is 10.3. The normalized spacial score (nSPS) is 20.1. The van der Waals surface area contributed by atoms with Crippen LogP contribution in [0.25, 0.3) is 43.4 Å². The molecule has 87 heavy (non-hydrogen) atoms. The average molecular weight is 1280 g/mol. The maximum atomic E-state index is 15.4. The predicted octanol–water partition coefficient (Wildman–Crippen LogP) is 8.30. The molecule has 7 atom stereocenters. The standard InChI is InChI=1S/C59H51N13O9S6/c1-27-44(74)20-72-48(27)58-70-42(26-86-58)56-66-38(22-84-56)47-33(12-13-35(63-47)55-67-39(23-85-55)50(61)77)53-68-40(24-82-53)51(78)64-36(18-45(60)75)57-71-46(28(2)87-57)43(73)17-34(49(76)31-6-4-3-5-7-31)54-69-41(25-83-54)52(79)65-37(59(72)80)16-29-8-10-32(11-9-29)81-21-30-14-15-62-19-30/h3-13,15,19,22-27,34,36-37,44,48-49,74,76H,14,16-18,20-21H2,1-2H3,(H2,60,75)(H2,61,77)(H,64,78)(H,65,79)/t27-,34-,36-,37-,44-,48-,49+/m0/s1. The first-order chi connectivity index (χ1) is 42.0. The number of ketones is 1. The largest absolute Gasteiger partial charge is 0.489 e. The van der Waals surface area contributed by atoms with E-state index in [2.05, 4.69) is 20.6 Å². The minimum absolute atomic E-state index is 0.00368. The van der Waals surface area contributed by atoms with Gasteiger partial charge in [-0.1, -0.05) is 49.4 Å². The minimum Gasteiger partial charge on any atom is -0.489 e. The molecule has 28 heteroatoms. The molecule has 2 aromatic carbocycles. The second-order valence-electron chi connectivity index (χ2n) is 20.8. The van der Waals surface area contributed by atoms with Gasteiger partial charge >= 0.3 is 0 Å². The summed E-state index contributed by atoms with van der Waals surface area (Å²) in [7, 11) is 0. The molecule has 3 aliphatic rings. The fraction of sp³-hybridized carbons (Fsp3) is 0.254. The van der Waals surface area contributed by atoms with Gasteiger partial charge in [-0.15, -0.1) is 68.0 Å². The summed E-state index contributed by atoms with van der Waals surface area (Å²) in [6.07, 6.45) is 1.34. The first kappa shape index (κ1) is 58.9. The highest BCUT2D eigenvalue weighted by atomic mass is 32.1. The number of benzene rings is 2. The Morgan fingerprint density at radius 1 is 0.724 bits per heavy atom. The number of pyridine rings is 1. The Morgan fingerprint density at radius 2 is 1.40 bits per heavy atom. The zero-order valence-corrected chi connectivity index (χ0v) is 51.0. The molecule has 0 saturated carbocycles. The number of nitrogens with two attached hydrogens (primary N) is 2. The Morgan fingerprint density at radius 3 is 2.15 bits per heavy atom. The maximum Gasteiger partial charge on any atom is 0.271 e. The Kier molecular flexibility index (Phi) is 17.0. The van der Waals surface area contributed by atoms with Crippen molar-refractivity contribution in [3.63, 3.8) is 0 Å². The first-order valence-electron chi connectivity index (χ1n) is 27.1. The van der Waals surface area contributed by atoms with Gasteiger partial charge in [0.2, 0.25) is 11.8 Å². The molecule has 10 heterocycles. The van der Waals surface area contributed by atoms with Crippen molar-refractivity contribution in [1.29, 1.82) is 0 Å². The SMILES string of the molecule is Cc1sc2nc1C(=O)C[C@@H]([C@H](O)c1ccccc1)c1nc(cs1)C(=O)N[C@@H](Cc1ccc(OCC3=CN=CC3)cc1)C(=O)N1C[C@H](O)[C@H](C)[C@H]1c1nc(cs1)-c1nc(cs1)-c1nc(-c3nc(C(N)=O)cs3)ccc1-c1nc(cs1)C(=O)N[C@H]2CC(N)=O. The number of carbonyl (C=O) groups is 6. The van der Waals surface area contributed by atoms with Crippen molar-refractivity contribution in [3.05, 3.63) is 159 Å². The molecule has 8 N–H and O–H groups in total. The summed E-state index contributed by atoms with van der Waals surface area (Å²) in [4.78, 5) is 124. The number of amides is 5. The topological polar surface area (TPSA) is 334 Å². The van der Waals surface area contributed by atoms with Crippen LogP contribution in [0.3, 0.4) is 0 Å². The molecule has 10 bridgehead atoms. The van der Waals surface area contributed by atoms with Crippen LogP contribution in [-0.4, -0.2) is 117 Å². The van der Waals surface area contributed by atoms with Crippen molar-refractivity contribution < 1.29 is 43.7 Å². The van der Waals surface area contributed by atoms with Crippen LogP contribution in [0.15, 0.2) is 110 Å². The van der Waals surface area contributed by atoms with Crippen molar-refractivity contribution in [2.24, 2.45) is 22.4 Å². The third-order valence-electron chi connectivity index (χ3n) is 14.9. The minimum atomic E-state index is -1.29. The zero-order chi connectivity index (χ0) is 60.6. The number of primary amides is 2. The van der Waals surface area contributed by atoms with Crippen molar-refractivity contribution >= 4 is 110 Å². The highest BCUT2D eigenvalue weighted by molar-refractivity contribution is 7.15. The van der Waals surface area contributed by atoms with Crippen molar-refractivity contribution in [2.75, 3.05) is 13.2 Å². The number of ether oxygens (including phenoxy) is 1. The summed E-state index contributed by atoms with van der Waals surface area (Å²) >= 11 is 7.07. The lowest BCUT2D eigenvalue weighted by molar-refractivity contribution is -0.134. The van der Waals surface area contributed by atoms with Gasteiger partial charge in [0.15, 0.2) is 5.78 Å². The Balaban J connectivity index is 0.945. The highest BCUT2D eigenvalue weighted by Gasteiger charge is 2.45.